The highest BCUT2D eigenvalue weighted by Gasteiger charge is 2.01. The first-order chi connectivity index (χ1) is 8.35. The Morgan fingerprint density at radius 3 is 2.59 bits per heavy atom. The number of rotatable bonds is 6. The maximum Gasteiger partial charge on any atom is 0.0480 e. The third kappa shape index (κ3) is 2.89. The summed E-state index contributed by atoms with van der Waals surface area (Å²) < 4.78 is 2.36. The molecule has 17 heavy (non-hydrogen) atoms. The molecule has 0 N–H and O–H groups in total. The number of fused-ring (bicyclic) bond motifs is 1. The number of hydrogen-bond donors (Lipinski definition) is 0. The van der Waals surface area contributed by atoms with Gasteiger partial charge in [0.25, 0.3) is 0 Å². The predicted octanol–water partition coefficient (Wildman–Crippen LogP) is 3.37. The third-order valence-corrected chi connectivity index (χ3v) is 3.45. The molecule has 0 amide bonds. The molecule has 2 nitrogen and oxygen atoms in total. The van der Waals surface area contributed by atoms with Crippen LogP contribution in [0.1, 0.15) is 20.3 Å². The molecule has 1 aromatic heterocycles. The van der Waals surface area contributed by atoms with Crippen LogP contribution in [-0.2, 0) is 6.54 Å². The average molecular weight is 230 g/mol. The maximum absolute atomic E-state index is 2.48. The molecule has 0 saturated carbocycles. The summed E-state index contributed by atoms with van der Waals surface area (Å²) in [6.45, 7) is 9.08. The minimum atomic E-state index is 1.12. The average Bonchev–Trinajstić information content (AvgIpc) is 2.78. The quantitative estimate of drug-likeness (QED) is 0.738. The second-order valence-corrected chi connectivity index (χ2v) is 4.45. The van der Waals surface area contributed by atoms with Crippen LogP contribution < -0.4 is 0 Å². The van der Waals surface area contributed by atoms with E-state index in [0.717, 1.165) is 19.6 Å². The zero-order chi connectivity index (χ0) is 12.1. The van der Waals surface area contributed by atoms with E-state index >= 15 is 0 Å². The summed E-state index contributed by atoms with van der Waals surface area (Å²) in [4.78, 5) is 2.48. The molecule has 0 spiro atoms. The lowest BCUT2D eigenvalue weighted by Gasteiger charge is -2.17. The summed E-state index contributed by atoms with van der Waals surface area (Å²) >= 11 is 0. The lowest BCUT2D eigenvalue weighted by atomic mass is 10.2. The van der Waals surface area contributed by atoms with Crippen molar-refractivity contribution in [2.75, 3.05) is 19.6 Å². The van der Waals surface area contributed by atoms with Gasteiger partial charge in [-0.15, -0.1) is 0 Å². The number of para-hydroxylation sites is 1. The lowest BCUT2D eigenvalue weighted by molar-refractivity contribution is 0.294. The Bertz CT molecular complexity index is 455. The van der Waals surface area contributed by atoms with Crippen LogP contribution in [0, 0.1) is 0 Å². The van der Waals surface area contributed by atoms with Crippen molar-refractivity contribution in [3.63, 3.8) is 0 Å². The Kier molecular flexibility index (Phi) is 4.21. The highest BCUT2D eigenvalue weighted by Crippen LogP contribution is 2.15. The van der Waals surface area contributed by atoms with E-state index in [1.807, 2.05) is 0 Å². The van der Waals surface area contributed by atoms with Gasteiger partial charge in [0.15, 0.2) is 0 Å². The lowest BCUT2D eigenvalue weighted by Crippen LogP contribution is -2.24. The summed E-state index contributed by atoms with van der Waals surface area (Å²) in [7, 11) is 0. The SMILES string of the molecule is CCN(CC)CCCn1ccc2ccccc21. The van der Waals surface area contributed by atoms with E-state index in [4.69, 9.17) is 0 Å². The molecule has 0 aliphatic rings. The van der Waals surface area contributed by atoms with Gasteiger partial charge >= 0.3 is 0 Å². The van der Waals surface area contributed by atoms with E-state index in [1.54, 1.807) is 0 Å². The molecule has 2 rings (SSSR count). The monoisotopic (exact) mass is 230 g/mol. The van der Waals surface area contributed by atoms with Gasteiger partial charge in [-0.2, -0.15) is 0 Å². The van der Waals surface area contributed by atoms with E-state index in [2.05, 4.69) is 59.8 Å². The Morgan fingerprint density at radius 1 is 1.06 bits per heavy atom. The Morgan fingerprint density at radius 2 is 1.82 bits per heavy atom. The third-order valence-electron chi connectivity index (χ3n) is 3.45. The highest BCUT2D eigenvalue weighted by atomic mass is 15.1. The summed E-state index contributed by atoms with van der Waals surface area (Å²) in [6.07, 6.45) is 3.42. The van der Waals surface area contributed by atoms with Crippen molar-refractivity contribution in [1.29, 1.82) is 0 Å². The van der Waals surface area contributed by atoms with E-state index in [-0.39, 0.29) is 0 Å². The molecule has 92 valence electrons. The number of nitrogens with zero attached hydrogens (tertiary/aromatic N) is 2. The van der Waals surface area contributed by atoms with Crippen molar-refractivity contribution in [2.24, 2.45) is 0 Å². The van der Waals surface area contributed by atoms with Crippen molar-refractivity contribution in [1.82, 2.24) is 9.47 Å². The number of aryl methyl sites for hydroxylation is 1. The first kappa shape index (κ1) is 12.2. The molecule has 1 aromatic carbocycles. The standard InChI is InChI=1S/C15H22N2/c1-3-16(4-2)11-7-12-17-13-10-14-8-5-6-9-15(14)17/h5-6,8-10,13H,3-4,7,11-12H2,1-2H3. The van der Waals surface area contributed by atoms with Crippen molar-refractivity contribution in [3.8, 4) is 0 Å². The molecule has 0 unspecified atom stereocenters. The van der Waals surface area contributed by atoms with E-state index in [0.29, 0.717) is 0 Å². The van der Waals surface area contributed by atoms with Gasteiger partial charge in [-0.05, 0) is 43.6 Å². The largest absolute Gasteiger partial charge is 0.347 e. The fourth-order valence-electron chi connectivity index (χ4n) is 2.34. The molecule has 0 fully saturated rings. The fourth-order valence-corrected chi connectivity index (χ4v) is 2.34. The zero-order valence-corrected chi connectivity index (χ0v) is 10.9. The zero-order valence-electron chi connectivity index (χ0n) is 10.9. The van der Waals surface area contributed by atoms with E-state index < -0.39 is 0 Å². The molecule has 0 saturated heterocycles. The summed E-state index contributed by atoms with van der Waals surface area (Å²) in [5.74, 6) is 0. The van der Waals surface area contributed by atoms with Crippen molar-refractivity contribution in [3.05, 3.63) is 36.5 Å². The van der Waals surface area contributed by atoms with E-state index in [1.165, 1.54) is 23.9 Å². The van der Waals surface area contributed by atoms with Gasteiger partial charge in [0.05, 0.1) is 0 Å². The van der Waals surface area contributed by atoms with Gasteiger partial charge in [-0.3, -0.25) is 0 Å². The molecule has 0 bridgehead atoms. The van der Waals surface area contributed by atoms with Gasteiger partial charge < -0.3 is 9.47 Å². The summed E-state index contributed by atoms with van der Waals surface area (Å²) in [5, 5.41) is 1.34. The van der Waals surface area contributed by atoms with Crippen LogP contribution >= 0.6 is 0 Å². The predicted molar refractivity (Wildman–Crippen MR) is 74.3 cm³/mol. The number of benzene rings is 1. The van der Waals surface area contributed by atoms with Crippen LogP contribution in [0.3, 0.4) is 0 Å². The van der Waals surface area contributed by atoms with Crippen LogP contribution in [0.5, 0.6) is 0 Å². The molecule has 0 atom stereocenters. The van der Waals surface area contributed by atoms with Crippen molar-refractivity contribution in [2.45, 2.75) is 26.8 Å². The summed E-state index contributed by atoms with van der Waals surface area (Å²) in [5.41, 5.74) is 1.35. The minimum absolute atomic E-state index is 1.12. The Balaban J connectivity index is 1.95. The second kappa shape index (κ2) is 5.87. The topological polar surface area (TPSA) is 8.17 Å². The number of aromatic nitrogens is 1. The van der Waals surface area contributed by atoms with Crippen LogP contribution in [-0.4, -0.2) is 29.1 Å². The molecule has 2 heteroatoms. The summed E-state index contributed by atoms with van der Waals surface area (Å²) in [6, 6.07) is 10.8. The van der Waals surface area contributed by atoms with Gasteiger partial charge in [0.1, 0.15) is 0 Å². The molecule has 0 radical (unpaired) electrons. The second-order valence-electron chi connectivity index (χ2n) is 4.45. The molecular formula is C15H22N2. The van der Waals surface area contributed by atoms with Crippen LogP contribution in [0.25, 0.3) is 10.9 Å². The molecule has 2 aromatic rings. The fraction of sp³-hybridized carbons (Fsp3) is 0.467. The van der Waals surface area contributed by atoms with Crippen LogP contribution in [0.15, 0.2) is 36.5 Å². The smallest absolute Gasteiger partial charge is 0.0480 e. The minimum Gasteiger partial charge on any atom is -0.347 e. The van der Waals surface area contributed by atoms with Crippen molar-refractivity contribution >= 4 is 10.9 Å². The van der Waals surface area contributed by atoms with Crippen LogP contribution in [0.2, 0.25) is 0 Å². The maximum atomic E-state index is 2.48. The van der Waals surface area contributed by atoms with Gasteiger partial charge in [-0.1, -0.05) is 32.0 Å². The van der Waals surface area contributed by atoms with Crippen LogP contribution in [0.4, 0.5) is 0 Å². The first-order valence-corrected chi connectivity index (χ1v) is 6.61. The molecule has 0 aliphatic carbocycles. The Labute approximate surface area is 104 Å². The van der Waals surface area contributed by atoms with E-state index in [9.17, 15) is 0 Å². The molecule has 1 heterocycles. The molecule has 0 aliphatic heterocycles. The Hall–Kier alpha value is -1.28. The normalized spacial score (nSPS) is 11.5. The molecular weight excluding hydrogens is 208 g/mol. The van der Waals surface area contributed by atoms with Crippen molar-refractivity contribution < 1.29 is 0 Å². The van der Waals surface area contributed by atoms with Gasteiger partial charge in [0, 0.05) is 18.3 Å². The number of hydrogen-bond acceptors (Lipinski definition) is 1. The highest BCUT2D eigenvalue weighted by molar-refractivity contribution is 5.79. The first-order valence-electron chi connectivity index (χ1n) is 6.61. The van der Waals surface area contributed by atoms with Gasteiger partial charge in [-0.25, -0.2) is 0 Å². The van der Waals surface area contributed by atoms with Gasteiger partial charge in [0.2, 0.25) is 0 Å².